The highest BCUT2D eigenvalue weighted by Gasteiger charge is 2.43. The van der Waals surface area contributed by atoms with Crippen LogP contribution in [-0.4, -0.2) is 4.57 Å². The van der Waals surface area contributed by atoms with Crippen LogP contribution in [0.15, 0.2) is 182 Å². The molecule has 268 valence electrons. The lowest BCUT2D eigenvalue weighted by Crippen LogP contribution is -2.17. The quantitative estimate of drug-likeness (QED) is 0.172. The molecule has 0 bridgehead atoms. The zero-order chi connectivity index (χ0) is 37.8. The standard InChI is InChI=1S/C54H42N2/c1-53(2)45-22-13-11-20-40(45)43-33-48-44(34-47(43)53)52-46(54(48,3)4)23-15-25-50(52)55(38-28-26-36(27-29-38)35-16-7-5-8-17-35)39-30-31-42-41-21-12-14-24-49(41)56(51(42)32-39)37-18-9-6-10-19-37/h5-34H,1-4H3. The molecule has 9 aromatic rings. The fourth-order valence-corrected chi connectivity index (χ4v) is 9.96. The zero-order valence-electron chi connectivity index (χ0n) is 32.2. The first-order valence-electron chi connectivity index (χ1n) is 19.8. The first-order valence-corrected chi connectivity index (χ1v) is 19.8. The molecule has 0 radical (unpaired) electrons. The monoisotopic (exact) mass is 718 g/mol. The first-order chi connectivity index (χ1) is 27.3. The molecule has 2 aliphatic carbocycles. The third-order valence-corrected chi connectivity index (χ3v) is 12.8. The molecule has 0 saturated heterocycles. The van der Waals surface area contributed by atoms with Gasteiger partial charge in [-0.2, -0.15) is 0 Å². The number of anilines is 3. The van der Waals surface area contributed by atoms with Crippen molar-refractivity contribution in [1.29, 1.82) is 0 Å². The van der Waals surface area contributed by atoms with E-state index < -0.39 is 0 Å². The van der Waals surface area contributed by atoms with Crippen LogP contribution in [0.25, 0.3) is 60.9 Å². The van der Waals surface area contributed by atoms with E-state index in [1.165, 1.54) is 83.1 Å². The van der Waals surface area contributed by atoms with E-state index in [4.69, 9.17) is 0 Å². The van der Waals surface area contributed by atoms with Crippen LogP contribution in [0, 0.1) is 0 Å². The molecule has 0 aliphatic heterocycles. The largest absolute Gasteiger partial charge is 0.310 e. The Morgan fingerprint density at radius 2 is 0.982 bits per heavy atom. The second kappa shape index (κ2) is 11.9. The van der Waals surface area contributed by atoms with Crippen molar-refractivity contribution in [2.75, 3.05) is 4.90 Å². The minimum Gasteiger partial charge on any atom is -0.310 e. The summed E-state index contributed by atoms with van der Waals surface area (Å²) >= 11 is 0. The van der Waals surface area contributed by atoms with Gasteiger partial charge in [0.2, 0.25) is 0 Å². The average molecular weight is 719 g/mol. The molecule has 56 heavy (non-hydrogen) atoms. The molecule has 0 saturated carbocycles. The maximum absolute atomic E-state index is 2.54. The highest BCUT2D eigenvalue weighted by atomic mass is 15.1. The van der Waals surface area contributed by atoms with Crippen LogP contribution in [-0.2, 0) is 10.8 Å². The second-order valence-electron chi connectivity index (χ2n) is 16.6. The molecular formula is C54H42N2. The highest BCUT2D eigenvalue weighted by molar-refractivity contribution is 6.10. The van der Waals surface area contributed by atoms with E-state index in [1.807, 2.05) is 0 Å². The number of nitrogens with zero attached hydrogens (tertiary/aromatic N) is 2. The lowest BCUT2D eigenvalue weighted by atomic mass is 9.79. The molecule has 2 nitrogen and oxygen atoms in total. The topological polar surface area (TPSA) is 8.17 Å². The number of hydrogen-bond acceptors (Lipinski definition) is 1. The van der Waals surface area contributed by atoms with E-state index in [1.54, 1.807) is 0 Å². The van der Waals surface area contributed by atoms with Gasteiger partial charge in [0, 0.05) is 44.2 Å². The lowest BCUT2D eigenvalue weighted by Gasteiger charge is -2.29. The van der Waals surface area contributed by atoms with E-state index in [2.05, 4.69) is 219 Å². The predicted molar refractivity (Wildman–Crippen MR) is 236 cm³/mol. The van der Waals surface area contributed by atoms with Crippen molar-refractivity contribution in [3.63, 3.8) is 0 Å². The molecule has 2 aliphatic rings. The van der Waals surface area contributed by atoms with E-state index in [0.717, 1.165) is 17.1 Å². The second-order valence-corrected chi connectivity index (χ2v) is 16.6. The Hall–Kier alpha value is -6.64. The summed E-state index contributed by atoms with van der Waals surface area (Å²) in [5.41, 5.74) is 20.1. The van der Waals surface area contributed by atoms with Crippen LogP contribution in [0.1, 0.15) is 49.9 Å². The van der Waals surface area contributed by atoms with Crippen LogP contribution in [0.3, 0.4) is 0 Å². The molecule has 2 heteroatoms. The summed E-state index contributed by atoms with van der Waals surface area (Å²) in [5, 5.41) is 2.50. The van der Waals surface area contributed by atoms with Gasteiger partial charge in [-0.05, 0) is 111 Å². The zero-order valence-corrected chi connectivity index (χ0v) is 32.2. The summed E-state index contributed by atoms with van der Waals surface area (Å²) in [6.45, 7) is 9.59. The molecule has 1 heterocycles. The molecule has 0 spiro atoms. The molecule has 8 aromatic carbocycles. The summed E-state index contributed by atoms with van der Waals surface area (Å²) in [6, 6.07) is 67.4. The van der Waals surface area contributed by atoms with Gasteiger partial charge in [0.25, 0.3) is 0 Å². The van der Waals surface area contributed by atoms with Crippen LogP contribution < -0.4 is 4.90 Å². The van der Waals surface area contributed by atoms with Crippen LogP contribution in [0.2, 0.25) is 0 Å². The van der Waals surface area contributed by atoms with Gasteiger partial charge >= 0.3 is 0 Å². The van der Waals surface area contributed by atoms with Crippen molar-refractivity contribution in [1.82, 2.24) is 4.57 Å². The molecule has 1 aromatic heterocycles. The molecule has 0 amide bonds. The number of para-hydroxylation sites is 2. The minimum atomic E-state index is -0.177. The Morgan fingerprint density at radius 1 is 0.393 bits per heavy atom. The van der Waals surface area contributed by atoms with Crippen molar-refractivity contribution < 1.29 is 0 Å². The molecule has 0 unspecified atom stereocenters. The maximum Gasteiger partial charge on any atom is 0.0561 e. The van der Waals surface area contributed by atoms with E-state index in [9.17, 15) is 0 Å². The van der Waals surface area contributed by atoms with Crippen LogP contribution in [0.5, 0.6) is 0 Å². The Kier molecular flexibility index (Phi) is 6.98. The number of rotatable bonds is 5. The van der Waals surface area contributed by atoms with Crippen LogP contribution in [0.4, 0.5) is 17.1 Å². The molecule has 0 fully saturated rings. The highest BCUT2D eigenvalue weighted by Crippen LogP contribution is 2.59. The number of hydrogen-bond donors (Lipinski definition) is 0. The van der Waals surface area contributed by atoms with Gasteiger partial charge in [-0.1, -0.05) is 149 Å². The van der Waals surface area contributed by atoms with Gasteiger partial charge in [0.1, 0.15) is 0 Å². The van der Waals surface area contributed by atoms with Gasteiger partial charge in [0.05, 0.1) is 16.7 Å². The number of benzene rings is 8. The van der Waals surface area contributed by atoms with Crippen molar-refractivity contribution in [2.45, 2.75) is 38.5 Å². The fraction of sp³-hybridized carbons (Fsp3) is 0.111. The third kappa shape index (κ3) is 4.62. The molecule has 11 rings (SSSR count). The Labute approximate surface area is 328 Å². The van der Waals surface area contributed by atoms with Crippen molar-refractivity contribution >= 4 is 38.9 Å². The molecular weight excluding hydrogens is 677 g/mol. The van der Waals surface area contributed by atoms with E-state index in [-0.39, 0.29) is 10.8 Å². The summed E-state index contributed by atoms with van der Waals surface area (Å²) < 4.78 is 2.42. The fourth-order valence-electron chi connectivity index (χ4n) is 9.96. The normalized spacial score (nSPS) is 14.4. The Morgan fingerprint density at radius 3 is 1.79 bits per heavy atom. The smallest absolute Gasteiger partial charge is 0.0561 e. The van der Waals surface area contributed by atoms with Gasteiger partial charge in [-0.3, -0.25) is 0 Å². The van der Waals surface area contributed by atoms with Crippen molar-refractivity contribution in [2.24, 2.45) is 0 Å². The predicted octanol–water partition coefficient (Wildman–Crippen LogP) is 14.5. The SMILES string of the molecule is CC1(C)c2ccccc2-c2cc3c(cc21)-c1c(N(c2ccc(-c4ccccc4)cc2)c2ccc4c5ccccc5n(-c5ccccc5)c4c2)cccc1C3(C)C. The summed E-state index contributed by atoms with van der Waals surface area (Å²) in [4.78, 5) is 2.50. The van der Waals surface area contributed by atoms with Gasteiger partial charge in [0.15, 0.2) is 0 Å². The maximum atomic E-state index is 2.54. The minimum absolute atomic E-state index is 0.0916. The van der Waals surface area contributed by atoms with E-state index in [0.29, 0.717) is 0 Å². The van der Waals surface area contributed by atoms with Crippen LogP contribution >= 0.6 is 0 Å². The summed E-state index contributed by atoms with van der Waals surface area (Å²) in [5.74, 6) is 0. The van der Waals surface area contributed by atoms with Crippen molar-refractivity contribution in [3.8, 4) is 39.1 Å². The van der Waals surface area contributed by atoms with Gasteiger partial charge < -0.3 is 9.47 Å². The molecule has 0 atom stereocenters. The van der Waals surface area contributed by atoms with E-state index >= 15 is 0 Å². The third-order valence-electron chi connectivity index (χ3n) is 12.8. The van der Waals surface area contributed by atoms with Gasteiger partial charge in [-0.15, -0.1) is 0 Å². The molecule has 0 N–H and O–H groups in total. The Bertz CT molecular complexity index is 3000. The summed E-state index contributed by atoms with van der Waals surface area (Å²) in [6.07, 6.45) is 0. The first kappa shape index (κ1) is 32.8. The lowest BCUT2D eigenvalue weighted by molar-refractivity contribution is 0.652. The van der Waals surface area contributed by atoms with Gasteiger partial charge in [-0.25, -0.2) is 0 Å². The van der Waals surface area contributed by atoms with Crippen molar-refractivity contribution in [3.05, 3.63) is 204 Å². The summed E-state index contributed by atoms with van der Waals surface area (Å²) in [7, 11) is 0. The average Bonchev–Trinajstić information content (AvgIpc) is 3.78. The Balaban J connectivity index is 1.17. The number of aromatic nitrogens is 1. The number of fused-ring (bicyclic) bond motifs is 9.